The number of hydrogen-bond donors (Lipinski definition) is 1. The normalized spacial score (nSPS) is 42.2. The van der Waals surface area contributed by atoms with Crippen LogP contribution in [0.3, 0.4) is 0 Å². The molecule has 1 aliphatic carbocycles. The minimum absolute atomic E-state index is 0.418. The first-order chi connectivity index (χ1) is 8.54. The van der Waals surface area contributed by atoms with Crippen molar-refractivity contribution in [2.45, 2.75) is 70.1 Å². The molecule has 2 unspecified atom stereocenters. The van der Waals surface area contributed by atoms with Gasteiger partial charge in [0.05, 0.1) is 12.2 Å². The molecule has 3 fully saturated rings. The molecule has 0 aromatic carbocycles. The Bertz CT molecular complexity index is 296. The summed E-state index contributed by atoms with van der Waals surface area (Å²) in [5, 5.41) is 10.3. The maximum absolute atomic E-state index is 10.3. The van der Waals surface area contributed by atoms with Crippen molar-refractivity contribution < 1.29 is 9.84 Å². The number of hydrogen-bond acceptors (Lipinski definition) is 3. The average Bonchev–Trinajstić information content (AvgIpc) is 3.01. The van der Waals surface area contributed by atoms with Gasteiger partial charge in [-0.25, -0.2) is 0 Å². The summed E-state index contributed by atoms with van der Waals surface area (Å²) in [4.78, 5) is 2.70. The van der Waals surface area contributed by atoms with Crippen LogP contribution in [0.25, 0.3) is 0 Å². The van der Waals surface area contributed by atoms with E-state index in [0.29, 0.717) is 17.5 Å². The number of fused-ring (bicyclic) bond motifs is 2. The van der Waals surface area contributed by atoms with Crippen LogP contribution in [0.1, 0.15) is 52.4 Å². The van der Waals surface area contributed by atoms with E-state index in [1.165, 1.54) is 32.2 Å². The van der Waals surface area contributed by atoms with Crippen LogP contribution >= 0.6 is 0 Å². The van der Waals surface area contributed by atoms with E-state index in [1.54, 1.807) is 0 Å². The molecule has 0 aromatic rings. The summed E-state index contributed by atoms with van der Waals surface area (Å²) in [6.07, 6.45) is 7.16. The van der Waals surface area contributed by atoms with Gasteiger partial charge >= 0.3 is 0 Å². The summed E-state index contributed by atoms with van der Waals surface area (Å²) in [6.45, 7) is 7.08. The predicted octanol–water partition coefficient (Wildman–Crippen LogP) is 2.18. The molecule has 2 saturated heterocycles. The zero-order valence-electron chi connectivity index (χ0n) is 11.8. The molecule has 1 N–H and O–H groups in total. The second-order valence-electron chi connectivity index (χ2n) is 7.10. The topological polar surface area (TPSA) is 32.7 Å². The van der Waals surface area contributed by atoms with Gasteiger partial charge in [0.2, 0.25) is 0 Å². The van der Waals surface area contributed by atoms with Crippen molar-refractivity contribution in [1.29, 1.82) is 0 Å². The molecule has 1 saturated carbocycles. The highest BCUT2D eigenvalue weighted by Gasteiger charge is 2.51. The molecule has 0 aromatic heterocycles. The minimum atomic E-state index is -0.418. The van der Waals surface area contributed by atoms with Gasteiger partial charge in [-0.2, -0.15) is 0 Å². The van der Waals surface area contributed by atoms with E-state index in [4.69, 9.17) is 4.74 Å². The summed E-state index contributed by atoms with van der Waals surface area (Å²) in [5.41, 5.74) is 0.0407. The summed E-state index contributed by atoms with van der Waals surface area (Å²) in [6, 6.07) is 1.25. The van der Waals surface area contributed by atoms with E-state index in [-0.39, 0.29) is 0 Å². The fourth-order valence-electron chi connectivity index (χ4n) is 4.04. The standard InChI is InChI=1S/C15H27NO2/c1-3-18-11-15(6-7-15)10-16-12-4-5-13(16)9-14(2,17)8-12/h12-13,17H,3-11H2,1-2H3. The summed E-state index contributed by atoms with van der Waals surface area (Å²) < 4.78 is 5.66. The van der Waals surface area contributed by atoms with Gasteiger partial charge in [-0.15, -0.1) is 0 Å². The number of ether oxygens (including phenoxy) is 1. The second kappa shape index (κ2) is 4.46. The van der Waals surface area contributed by atoms with Crippen molar-refractivity contribution in [3.05, 3.63) is 0 Å². The van der Waals surface area contributed by atoms with Gasteiger partial charge in [0, 0.05) is 30.7 Å². The summed E-state index contributed by atoms with van der Waals surface area (Å²) >= 11 is 0. The maximum atomic E-state index is 10.3. The third-order valence-corrected chi connectivity index (χ3v) is 5.21. The number of rotatable bonds is 5. The molecule has 3 nitrogen and oxygen atoms in total. The van der Waals surface area contributed by atoms with Gasteiger partial charge < -0.3 is 9.84 Å². The highest BCUT2D eigenvalue weighted by molar-refractivity contribution is 5.05. The first-order valence-corrected chi connectivity index (χ1v) is 7.60. The summed E-state index contributed by atoms with van der Waals surface area (Å²) in [7, 11) is 0. The van der Waals surface area contributed by atoms with Crippen LogP contribution in [0, 0.1) is 5.41 Å². The van der Waals surface area contributed by atoms with Crippen LogP contribution in [0.4, 0.5) is 0 Å². The average molecular weight is 253 g/mol. The molecule has 0 amide bonds. The summed E-state index contributed by atoms with van der Waals surface area (Å²) in [5.74, 6) is 0. The van der Waals surface area contributed by atoms with Gasteiger partial charge in [0.1, 0.15) is 0 Å². The molecule has 3 rings (SSSR count). The smallest absolute Gasteiger partial charge is 0.0649 e. The van der Waals surface area contributed by atoms with Crippen molar-refractivity contribution in [3.63, 3.8) is 0 Å². The zero-order valence-corrected chi connectivity index (χ0v) is 11.8. The van der Waals surface area contributed by atoms with Gasteiger partial charge in [-0.1, -0.05) is 0 Å². The molecule has 2 atom stereocenters. The number of piperidine rings is 1. The van der Waals surface area contributed by atoms with Crippen molar-refractivity contribution in [2.24, 2.45) is 5.41 Å². The Hall–Kier alpha value is -0.120. The van der Waals surface area contributed by atoms with E-state index in [0.717, 1.165) is 26.1 Å². The van der Waals surface area contributed by atoms with E-state index in [9.17, 15) is 5.11 Å². The van der Waals surface area contributed by atoms with Crippen LogP contribution in [0.5, 0.6) is 0 Å². The Morgan fingerprint density at radius 2 is 1.83 bits per heavy atom. The van der Waals surface area contributed by atoms with E-state index in [2.05, 4.69) is 11.8 Å². The van der Waals surface area contributed by atoms with Crippen LogP contribution in [0.15, 0.2) is 0 Å². The first kappa shape index (κ1) is 12.9. The molecule has 2 aliphatic heterocycles. The lowest BCUT2D eigenvalue weighted by atomic mass is 9.87. The van der Waals surface area contributed by atoms with Crippen LogP contribution in [-0.4, -0.2) is 47.4 Å². The molecule has 2 bridgehead atoms. The quantitative estimate of drug-likeness (QED) is 0.815. The predicted molar refractivity (Wildman–Crippen MR) is 71.5 cm³/mol. The van der Waals surface area contributed by atoms with E-state index < -0.39 is 5.60 Å². The highest BCUT2D eigenvalue weighted by atomic mass is 16.5. The minimum Gasteiger partial charge on any atom is -0.390 e. The zero-order chi connectivity index (χ0) is 12.8. The molecule has 3 aliphatic rings. The van der Waals surface area contributed by atoms with Crippen LogP contribution < -0.4 is 0 Å². The largest absolute Gasteiger partial charge is 0.390 e. The van der Waals surface area contributed by atoms with Crippen molar-refractivity contribution in [2.75, 3.05) is 19.8 Å². The lowest BCUT2D eigenvalue weighted by Gasteiger charge is -2.43. The van der Waals surface area contributed by atoms with E-state index in [1.807, 2.05) is 6.92 Å². The Labute approximate surface area is 110 Å². The molecular formula is C15H27NO2. The second-order valence-corrected chi connectivity index (χ2v) is 7.10. The van der Waals surface area contributed by atoms with Gasteiger partial charge in [0.25, 0.3) is 0 Å². The maximum Gasteiger partial charge on any atom is 0.0649 e. The molecule has 0 spiro atoms. The van der Waals surface area contributed by atoms with Gasteiger partial charge in [0.15, 0.2) is 0 Å². The Morgan fingerprint density at radius 3 is 2.33 bits per heavy atom. The molecule has 3 heteroatoms. The number of nitrogens with zero attached hydrogens (tertiary/aromatic N) is 1. The SMILES string of the molecule is CCOCC1(CN2C3CCC2CC(C)(O)C3)CC1. The van der Waals surface area contributed by atoms with Crippen LogP contribution in [0.2, 0.25) is 0 Å². The van der Waals surface area contributed by atoms with Gasteiger partial charge in [-0.3, -0.25) is 4.90 Å². The Kier molecular flexibility index (Phi) is 3.20. The fourth-order valence-corrected chi connectivity index (χ4v) is 4.04. The third kappa shape index (κ3) is 2.45. The molecule has 104 valence electrons. The van der Waals surface area contributed by atoms with Crippen LogP contribution in [-0.2, 0) is 4.74 Å². The van der Waals surface area contributed by atoms with Crippen molar-refractivity contribution in [1.82, 2.24) is 4.90 Å². The lowest BCUT2D eigenvalue weighted by Crippen LogP contribution is -2.51. The van der Waals surface area contributed by atoms with Crippen molar-refractivity contribution in [3.8, 4) is 0 Å². The molecular weight excluding hydrogens is 226 g/mol. The van der Waals surface area contributed by atoms with Gasteiger partial charge in [-0.05, 0) is 52.4 Å². The highest BCUT2D eigenvalue weighted by Crippen LogP contribution is 2.50. The monoisotopic (exact) mass is 253 g/mol. The lowest BCUT2D eigenvalue weighted by molar-refractivity contribution is -0.0488. The first-order valence-electron chi connectivity index (χ1n) is 7.60. The Balaban J connectivity index is 1.61. The van der Waals surface area contributed by atoms with E-state index >= 15 is 0 Å². The molecule has 2 heterocycles. The molecule has 18 heavy (non-hydrogen) atoms. The number of aliphatic hydroxyl groups is 1. The fraction of sp³-hybridized carbons (Fsp3) is 1.00. The third-order valence-electron chi connectivity index (χ3n) is 5.21. The Morgan fingerprint density at radius 1 is 1.22 bits per heavy atom. The van der Waals surface area contributed by atoms with Crippen molar-refractivity contribution >= 4 is 0 Å². The molecule has 0 radical (unpaired) electrons.